The third kappa shape index (κ3) is 2.43. The zero-order valence-electron chi connectivity index (χ0n) is 11.6. The molecule has 0 spiro atoms. The molecule has 1 aromatic carbocycles. The molecule has 2 atom stereocenters. The Morgan fingerprint density at radius 1 is 1.33 bits per heavy atom. The van der Waals surface area contributed by atoms with E-state index in [-0.39, 0.29) is 6.10 Å². The van der Waals surface area contributed by atoms with Gasteiger partial charge in [0.05, 0.1) is 6.04 Å². The number of nitrogens with one attached hydrogen (secondary N) is 1. The lowest BCUT2D eigenvalue weighted by Crippen LogP contribution is -2.30. The van der Waals surface area contributed by atoms with Gasteiger partial charge in [0.1, 0.15) is 11.9 Å². The molecule has 18 heavy (non-hydrogen) atoms. The molecule has 0 aromatic heterocycles. The molecule has 1 aliphatic heterocycles. The maximum absolute atomic E-state index is 6.19. The number of fused-ring (bicyclic) bond motifs is 1. The summed E-state index contributed by atoms with van der Waals surface area (Å²) in [5.74, 6) is 1.58. The van der Waals surface area contributed by atoms with E-state index in [2.05, 4.69) is 61.1 Å². The molecular formula is C15H22BrNO. The number of hydrogen-bond acceptors (Lipinski definition) is 2. The number of rotatable bonds is 4. The van der Waals surface area contributed by atoms with Crippen molar-refractivity contribution in [2.75, 3.05) is 6.54 Å². The molecule has 2 unspecified atom stereocenters. The normalized spacial score (nSPS) is 22.1. The van der Waals surface area contributed by atoms with Crippen molar-refractivity contribution in [3.05, 3.63) is 27.7 Å². The summed E-state index contributed by atoms with van der Waals surface area (Å²) in [6, 6.07) is 4.71. The Morgan fingerprint density at radius 2 is 2.06 bits per heavy atom. The van der Waals surface area contributed by atoms with Crippen LogP contribution in [0.3, 0.4) is 0 Å². The molecule has 1 aliphatic rings. The van der Waals surface area contributed by atoms with E-state index in [0.717, 1.165) is 23.2 Å². The highest BCUT2D eigenvalue weighted by Crippen LogP contribution is 2.44. The van der Waals surface area contributed by atoms with Crippen LogP contribution in [-0.4, -0.2) is 12.6 Å². The van der Waals surface area contributed by atoms with E-state index < -0.39 is 0 Å². The van der Waals surface area contributed by atoms with Crippen LogP contribution in [0.5, 0.6) is 5.75 Å². The fourth-order valence-electron chi connectivity index (χ4n) is 2.63. The molecule has 1 heterocycles. The van der Waals surface area contributed by atoms with Crippen LogP contribution in [-0.2, 0) is 0 Å². The van der Waals surface area contributed by atoms with Crippen molar-refractivity contribution in [1.29, 1.82) is 0 Å². The van der Waals surface area contributed by atoms with Crippen molar-refractivity contribution in [3.63, 3.8) is 0 Å². The van der Waals surface area contributed by atoms with Crippen molar-refractivity contribution in [1.82, 2.24) is 5.32 Å². The molecule has 2 rings (SSSR count). The van der Waals surface area contributed by atoms with Crippen LogP contribution in [0.15, 0.2) is 16.6 Å². The average Bonchev–Trinajstić information content (AvgIpc) is 2.67. The first-order chi connectivity index (χ1) is 8.58. The molecule has 0 saturated heterocycles. The van der Waals surface area contributed by atoms with Crippen LogP contribution in [0.25, 0.3) is 0 Å². The lowest BCUT2D eigenvalue weighted by molar-refractivity contribution is 0.184. The van der Waals surface area contributed by atoms with Crippen LogP contribution >= 0.6 is 15.9 Å². The molecule has 0 amide bonds. The Bertz CT molecular complexity index is 431. The Balaban J connectivity index is 2.47. The average molecular weight is 312 g/mol. The van der Waals surface area contributed by atoms with Gasteiger partial charge in [-0.2, -0.15) is 0 Å². The van der Waals surface area contributed by atoms with Crippen molar-refractivity contribution in [3.8, 4) is 5.75 Å². The highest BCUT2D eigenvalue weighted by atomic mass is 79.9. The molecular weight excluding hydrogens is 290 g/mol. The van der Waals surface area contributed by atoms with E-state index in [9.17, 15) is 0 Å². The quantitative estimate of drug-likeness (QED) is 0.890. The number of likely N-dealkylation sites (N-methyl/N-ethyl adjacent to an activating group) is 1. The van der Waals surface area contributed by atoms with Gasteiger partial charge in [0.15, 0.2) is 0 Å². The lowest BCUT2D eigenvalue weighted by atomic mass is 9.96. The topological polar surface area (TPSA) is 21.3 Å². The first-order valence-electron chi connectivity index (χ1n) is 6.81. The van der Waals surface area contributed by atoms with Crippen molar-refractivity contribution in [2.45, 2.75) is 52.2 Å². The summed E-state index contributed by atoms with van der Waals surface area (Å²) in [6.45, 7) is 9.73. The second-order valence-corrected chi connectivity index (χ2v) is 6.08. The number of halogens is 1. The van der Waals surface area contributed by atoms with Gasteiger partial charge in [-0.1, -0.05) is 43.6 Å². The van der Waals surface area contributed by atoms with Gasteiger partial charge in [-0.05, 0) is 36.6 Å². The molecule has 0 aliphatic carbocycles. The van der Waals surface area contributed by atoms with Crippen LogP contribution in [0.1, 0.15) is 57.2 Å². The second-order valence-electron chi connectivity index (χ2n) is 5.17. The first-order valence-corrected chi connectivity index (χ1v) is 7.61. The van der Waals surface area contributed by atoms with Gasteiger partial charge < -0.3 is 10.1 Å². The Morgan fingerprint density at radius 3 is 2.61 bits per heavy atom. The van der Waals surface area contributed by atoms with Crippen LogP contribution in [0.4, 0.5) is 0 Å². The van der Waals surface area contributed by atoms with E-state index in [4.69, 9.17) is 4.74 Å². The standard InChI is InChI=1S/C15H22BrNO/c1-5-13-14(17-6-2)12-8-10(16)7-11(9(3)4)15(12)18-13/h7-9,13-14,17H,5-6H2,1-4H3. The predicted molar refractivity (Wildman–Crippen MR) is 79.4 cm³/mol. The van der Waals surface area contributed by atoms with E-state index in [0.29, 0.717) is 12.0 Å². The highest BCUT2D eigenvalue weighted by Gasteiger charge is 2.34. The largest absolute Gasteiger partial charge is 0.488 e. The van der Waals surface area contributed by atoms with Gasteiger partial charge in [0.2, 0.25) is 0 Å². The Hall–Kier alpha value is -0.540. The van der Waals surface area contributed by atoms with Gasteiger partial charge in [-0.3, -0.25) is 0 Å². The van der Waals surface area contributed by atoms with Crippen LogP contribution in [0, 0.1) is 0 Å². The smallest absolute Gasteiger partial charge is 0.128 e. The third-order valence-corrected chi connectivity index (χ3v) is 3.99. The van der Waals surface area contributed by atoms with Gasteiger partial charge in [0, 0.05) is 10.0 Å². The zero-order chi connectivity index (χ0) is 13.3. The minimum Gasteiger partial charge on any atom is -0.488 e. The summed E-state index contributed by atoms with van der Waals surface area (Å²) in [7, 11) is 0. The number of benzene rings is 1. The van der Waals surface area contributed by atoms with Gasteiger partial charge in [-0.25, -0.2) is 0 Å². The zero-order valence-corrected chi connectivity index (χ0v) is 13.2. The number of hydrogen-bond donors (Lipinski definition) is 1. The third-order valence-electron chi connectivity index (χ3n) is 3.54. The van der Waals surface area contributed by atoms with Gasteiger partial charge in [0.25, 0.3) is 0 Å². The number of ether oxygens (including phenoxy) is 1. The minimum absolute atomic E-state index is 0.256. The lowest BCUT2D eigenvalue weighted by Gasteiger charge is -2.17. The monoisotopic (exact) mass is 311 g/mol. The SMILES string of the molecule is CCNC1c2cc(Br)cc(C(C)C)c2OC1CC. The Labute approximate surface area is 118 Å². The molecule has 3 heteroatoms. The summed E-state index contributed by atoms with van der Waals surface area (Å²) < 4.78 is 7.33. The molecule has 0 saturated carbocycles. The van der Waals surface area contributed by atoms with Crippen molar-refractivity contribution >= 4 is 15.9 Å². The predicted octanol–water partition coefficient (Wildman–Crippen LogP) is 4.39. The minimum atomic E-state index is 0.256. The molecule has 1 N–H and O–H groups in total. The summed E-state index contributed by atoms with van der Waals surface area (Å²) in [4.78, 5) is 0. The fourth-order valence-corrected chi connectivity index (χ4v) is 3.13. The highest BCUT2D eigenvalue weighted by molar-refractivity contribution is 9.10. The van der Waals surface area contributed by atoms with Crippen molar-refractivity contribution < 1.29 is 4.74 Å². The van der Waals surface area contributed by atoms with Crippen LogP contribution < -0.4 is 10.1 Å². The molecule has 0 fully saturated rings. The second kappa shape index (κ2) is 5.62. The summed E-state index contributed by atoms with van der Waals surface area (Å²) in [5, 5.41) is 3.55. The van der Waals surface area contributed by atoms with Gasteiger partial charge >= 0.3 is 0 Å². The van der Waals surface area contributed by atoms with Crippen molar-refractivity contribution in [2.24, 2.45) is 0 Å². The molecule has 1 aromatic rings. The summed E-state index contributed by atoms with van der Waals surface area (Å²) in [6.07, 6.45) is 1.29. The molecule has 100 valence electrons. The van der Waals surface area contributed by atoms with E-state index in [1.165, 1.54) is 11.1 Å². The first kappa shape index (κ1) is 13.9. The van der Waals surface area contributed by atoms with E-state index in [1.807, 2.05) is 0 Å². The molecule has 0 radical (unpaired) electrons. The maximum atomic E-state index is 6.19. The van der Waals surface area contributed by atoms with Gasteiger partial charge in [-0.15, -0.1) is 0 Å². The summed E-state index contributed by atoms with van der Waals surface area (Å²) in [5.41, 5.74) is 2.61. The van der Waals surface area contributed by atoms with Crippen LogP contribution in [0.2, 0.25) is 0 Å². The van der Waals surface area contributed by atoms with E-state index in [1.54, 1.807) is 0 Å². The molecule has 2 nitrogen and oxygen atoms in total. The van der Waals surface area contributed by atoms with E-state index >= 15 is 0 Å². The maximum Gasteiger partial charge on any atom is 0.128 e. The molecule has 0 bridgehead atoms. The summed E-state index contributed by atoms with van der Waals surface area (Å²) >= 11 is 3.62. The Kier molecular flexibility index (Phi) is 4.33. The fraction of sp³-hybridized carbons (Fsp3) is 0.600.